The first-order valence-corrected chi connectivity index (χ1v) is 7.97. The summed E-state index contributed by atoms with van der Waals surface area (Å²) in [5, 5.41) is 3.46. The zero-order chi connectivity index (χ0) is 12.2. The zero-order valence-corrected chi connectivity index (χ0v) is 11.4. The van der Waals surface area contributed by atoms with E-state index in [-0.39, 0.29) is 0 Å². The maximum Gasteiger partial charge on any atom is 0.220 e. The third-order valence-corrected chi connectivity index (χ3v) is 7.81. The Morgan fingerprint density at radius 1 is 1.22 bits per heavy atom. The minimum Gasteiger partial charge on any atom is -0.353 e. The molecule has 18 heavy (non-hydrogen) atoms. The number of rotatable bonds is 3. The molecule has 6 bridgehead atoms. The van der Waals surface area contributed by atoms with Crippen LogP contribution >= 0.6 is 0 Å². The Labute approximate surface area is 109 Å². The van der Waals surface area contributed by atoms with Gasteiger partial charge in [-0.1, -0.05) is 13.8 Å². The summed E-state index contributed by atoms with van der Waals surface area (Å²) in [6.07, 6.45) is 4.71. The normalized spacial score (nSPS) is 64.6. The molecule has 0 spiro atoms. The molecule has 6 fully saturated rings. The van der Waals surface area contributed by atoms with Gasteiger partial charge in [-0.2, -0.15) is 0 Å². The summed E-state index contributed by atoms with van der Waals surface area (Å²) in [6.45, 7) is 4.62. The molecule has 1 N–H and O–H groups in total. The van der Waals surface area contributed by atoms with E-state index in [9.17, 15) is 4.79 Å². The summed E-state index contributed by atoms with van der Waals surface area (Å²) < 4.78 is 0. The predicted octanol–water partition coefficient (Wildman–Crippen LogP) is 2.44. The molecule has 0 heterocycles. The molecule has 6 aliphatic carbocycles. The van der Waals surface area contributed by atoms with E-state index in [4.69, 9.17) is 0 Å². The molecule has 0 saturated heterocycles. The molecule has 0 radical (unpaired) electrons. The molecule has 2 nitrogen and oxygen atoms in total. The van der Waals surface area contributed by atoms with Gasteiger partial charge in [0.05, 0.1) is 0 Å². The molecule has 0 aliphatic heterocycles. The number of carbonyl (C=O) groups is 1. The van der Waals surface area contributed by atoms with Gasteiger partial charge in [0.25, 0.3) is 0 Å². The molecule has 2 heteroatoms. The van der Waals surface area contributed by atoms with Crippen LogP contribution in [0.15, 0.2) is 0 Å². The Balaban J connectivity index is 1.52. The van der Waals surface area contributed by atoms with E-state index < -0.39 is 0 Å². The van der Waals surface area contributed by atoms with Gasteiger partial charge in [-0.3, -0.25) is 4.79 Å². The lowest BCUT2D eigenvalue weighted by Crippen LogP contribution is -2.45. The quantitative estimate of drug-likeness (QED) is 0.813. The highest BCUT2D eigenvalue weighted by atomic mass is 16.1. The van der Waals surface area contributed by atoms with E-state index in [1.807, 2.05) is 0 Å². The van der Waals surface area contributed by atoms with Crippen LogP contribution in [0.4, 0.5) is 0 Å². The number of amides is 1. The van der Waals surface area contributed by atoms with Gasteiger partial charge in [-0.15, -0.1) is 0 Å². The van der Waals surface area contributed by atoms with Gasteiger partial charge in [0, 0.05) is 12.5 Å². The van der Waals surface area contributed by atoms with Crippen molar-refractivity contribution >= 4 is 5.91 Å². The smallest absolute Gasteiger partial charge is 0.220 e. The fourth-order valence-corrected chi connectivity index (χ4v) is 7.85. The fourth-order valence-electron chi connectivity index (χ4n) is 7.85. The van der Waals surface area contributed by atoms with Crippen molar-refractivity contribution in [2.75, 3.05) is 0 Å². The Hall–Kier alpha value is -0.530. The van der Waals surface area contributed by atoms with Crippen molar-refractivity contribution in [2.45, 2.75) is 45.6 Å². The molecule has 8 unspecified atom stereocenters. The third-order valence-electron chi connectivity index (χ3n) is 7.81. The van der Waals surface area contributed by atoms with Crippen LogP contribution in [0.5, 0.6) is 0 Å². The second-order valence-electron chi connectivity index (χ2n) is 7.91. The van der Waals surface area contributed by atoms with Gasteiger partial charge in [-0.05, 0) is 66.1 Å². The Morgan fingerprint density at radius 2 is 2.06 bits per heavy atom. The van der Waals surface area contributed by atoms with Gasteiger partial charge in [-0.25, -0.2) is 0 Å². The topological polar surface area (TPSA) is 29.1 Å². The van der Waals surface area contributed by atoms with Gasteiger partial charge in [0.2, 0.25) is 5.91 Å². The largest absolute Gasteiger partial charge is 0.353 e. The van der Waals surface area contributed by atoms with Crippen molar-refractivity contribution < 1.29 is 4.79 Å². The average Bonchev–Trinajstić information content (AvgIpc) is 2.99. The second-order valence-corrected chi connectivity index (χ2v) is 7.91. The van der Waals surface area contributed by atoms with Crippen molar-refractivity contribution in [3.63, 3.8) is 0 Å². The van der Waals surface area contributed by atoms with E-state index in [1.165, 1.54) is 12.8 Å². The molecule has 98 valence electrons. The molecular weight excluding hydrogens is 222 g/mol. The standard InChI is InChI=1S/C16H23NO/c1-3-4-11(18)17-15-13-9-5-7-8-6-10(12(7)13)16(15,2)14(8)9/h7-10,12-15H,3-6H2,1-2H3,(H,17,18)/t7?,8?,9?,10?,12?,13?,14?,15-,16?/m0/s1. The maximum atomic E-state index is 12.0. The lowest BCUT2D eigenvalue weighted by atomic mass is 9.64. The van der Waals surface area contributed by atoms with E-state index >= 15 is 0 Å². The molecule has 0 aromatic carbocycles. The van der Waals surface area contributed by atoms with Gasteiger partial charge >= 0.3 is 0 Å². The molecule has 9 atom stereocenters. The van der Waals surface area contributed by atoms with E-state index in [0.717, 1.165) is 54.3 Å². The van der Waals surface area contributed by atoms with Crippen LogP contribution in [0.3, 0.4) is 0 Å². The first-order chi connectivity index (χ1) is 8.67. The SMILES string of the molecule is CCCC(=O)N[C@H]1C2C3CC4C5CC(C42)C1(C)C53. The summed E-state index contributed by atoms with van der Waals surface area (Å²) in [7, 11) is 0. The van der Waals surface area contributed by atoms with Gasteiger partial charge in [0.1, 0.15) is 0 Å². The summed E-state index contributed by atoms with van der Waals surface area (Å²) >= 11 is 0. The minimum atomic E-state index is 0.316. The van der Waals surface area contributed by atoms with Crippen molar-refractivity contribution in [1.29, 1.82) is 0 Å². The lowest BCUT2D eigenvalue weighted by molar-refractivity contribution is -0.122. The molecule has 6 rings (SSSR count). The van der Waals surface area contributed by atoms with Crippen molar-refractivity contribution in [2.24, 2.45) is 46.8 Å². The van der Waals surface area contributed by atoms with Crippen molar-refractivity contribution in [3.05, 3.63) is 0 Å². The molecule has 0 aromatic heterocycles. The van der Waals surface area contributed by atoms with Crippen molar-refractivity contribution in [1.82, 2.24) is 5.32 Å². The fraction of sp³-hybridized carbons (Fsp3) is 0.938. The third kappa shape index (κ3) is 0.779. The van der Waals surface area contributed by atoms with Crippen LogP contribution in [0.1, 0.15) is 39.5 Å². The van der Waals surface area contributed by atoms with E-state index in [1.54, 1.807) is 0 Å². The second kappa shape index (κ2) is 2.81. The van der Waals surface area contributed by atoms with Crippen LogP contribution in [-0.4, -0.2) is 11.9 Å². The molecule has 1 amide bonds. The van der Waals surface area contributed by atoms with Crippen LogP contribution in [0.2, 0.25) is 0 Å². The summed E-state index contributed by atoms with van der Waals surface area (Å²) in [4.78, 5) is 12.0. The number of hydrogen-bond acceptors (Lipinski definition) is 1. The number of nitrogens with one attached hydrogen (secondary N) is 1. The molecule has 6 saturated carbocycles. The van der Waals surface area contributed by atoms with Crippen LogP contribution in [0, 0.1) is 46.8 Å². The lowest BCUT2D eigenvalue weighted by Gasteiger charge is -2.40. The highest BCUT2D eigenvalue weighted by Gasteiger charge is 2.84. The summed E-state index contributed by atoms with van der Waals surface area (Å²) in [5.41, 5.74) is 0.487. The Morgan fingerprint density at radius 3 is 2.78 bits per heavy atom. The Bertz CT molecular complexity index is 446. The first-order valence-electron chi connectivity index (χ1n) is 7.97. The zero-order valence-electron chi connectivity index (χ0n) is 11.4. The molecular formula is C16H23NO. The molecule has 6 aliphatic rings. The predicted molar refractivity (Wildman–Crippen MR) is 68.6 cm³/mol. The minimum absolute atomic E-state index is 0.316. The van der Waals surface area contributed by atoms with Crippen LogP contribution < -0.4 is 5.32 Å². The van der Waals surface area contributed by atoms with Crippen LogP contribution in [-0.2, 0) is 4.79 Å². The van der Waals surface area contributed by atoms with Crippen LogP contribution in [0.25, 0.3) is 0 Å². The number of carbonyl (C=O) groups excluding carboxylic acids is 1. The van der Waals surface area contributed by atoms with E-state index in [0.29, 0.717) is 17.4 Å². The van der Waals surface area contributed by atoms with E-state index in [2.05, 4.69) is 19.2 Å². The highest BCUT2D eigenvalue weighted by Crippen LogP contribution is 2.86. The number of hydrogen-bond donors (Lipinski definition) is 1. The highest BCUT2D eigenvalue weighted by molar-refractivity contribution is 5.76. The van der Waals surface area contributed by atoms with Gasteiger partial charge in [0.15, 0.2) is 0 Å². The first kappa shape index (κ1) is 10.3. The monoisotopic (exact) mass is 245 g/mol. The average molecular weight is 245 g/mol. The van der Waals surface area contributed by atoms with Gasteiger partial charge < -0.3 is 5.32 Å². The van der Waals surface area contributed by atoms with Crippen molar-refractivity contribution in [3.8, 4) is 0 Å². The summed E-state index contributed by atoms with van der Waals surface area (Å²) in [5.74, 6) is 7.24. The Kier molecular flexibility index (Phi) is 1.60. The summed E-state index contributed by atoms with van der Waals surface area (Å²) in [6, 6.07) is 0.541. The maximum absolute atomic E-state index is 12.0. The molecule has 0 aromatic rings.